The number of carbonyl (C=O) groups excluding carboxylic acids is 2. The summed E-state index contributed by atoms with van der Waals surface area (Å²) < 4.78 is 7.27. The van der Waals surface area contributed by atoms with Crippen LogP contribution in [0.25, 0.3) is 0 Å². The van der Waals surface area contributed by atoms with Gasteiger partial charge in [-0.3, -0.25) is 14.3 Å². The fourth-order valence-corrected chi connectivity index (χ4v) is 2.41. The predicted molar refractivity (Wildman–Crippen MR) is 104 cm³/mol. The number of amides is 2. The van der Waals surface area contributed by atoms with Crippen molar-refractivity contribution in [1.29, 1.82) is 0 Å². The summed E-state index contributed by atoms with van der Waals surface area (Å²) in [6, 6.07) is 11.8. The molecule has 0 saturated heterocycles. The van der Waals surface area contributed by atoms with Gasteiger partial charge < -0.3 is 15.0 Å². The molecule has 0 bridgehead atoms. The maximum Gasteiger partial charge on any atom is 0.313 e. The van der Waals surface area contributed by atoms with Crippen LogP contribution in [0.15, 0.2) is 61.1 Å². The first-order valence-electron chi connectivity index (χ1n) is 8.44. The second kappa shape index (κ2) is 9.01. The minimum absolute atomic E-state index is 0.350. The molecule has 0 aliphatic heterocycles. The molecule has 0 aliphatic carbocycles. The lowest BCUT2D eigenvalue weighted by atomic mass is 10.3. The van der Waals surface area contributed by atoms with Gasteiger partial charge in [-0.05, 0) is 36.4 Å². The predicted octanol–water partition coefficient (Wildman–Crippen LogP) is 2.82. The van der Waals surface area contributed by atoms with Crippen molar-refractivity contribution < 1.29 is 14.3 Å². The second-order valence-electron chi connectivity index (χ2n) is 5.89. The highest BCUT2D eigenvalue weighted by Crippen LogP contribution is 2.22. The summed E-state index contributed by atoms with van der Waals surface area (Å²) in [5, 5.41) is 7.19. The average molecular weight is 400 g/mol. The highest BCUT2D eigenvalue weighted by Gasteiger charge is 2.18. The number of halogens is 1. The number of likely N-dealkylation sites (N-methyl/N-ethyl adjacent to an activating group) is 1. The Morgan fingerprint density at radius 3 is 2.64 bits per heavy atom. The Morgan fingerprint density at radius 2 is 2.00 bits per heavy atom. The van der Waals surface area contributed by atoms with E-state index in [0.717, 1.165) is 0 Å². The molecular weight excluding hydrogens is 382 g/mol. The lowest BCUT2D eigenvalue weighted by Crippen LogP contribution is -2.38. The number of benzene rings is 1. The molecule has 2 aromatic heterocycles. The number of aromatic nitrogens is 3. The van der Waals surface area contributed by atoms with Crippen molar-refractivity contribution in [3.63, 3.8) is 0 Å². The zero-order valence-corrected chi connectivity index (χ0v) is 15.8. The van der Waals surface area contributed by atoms with Crippen molar-refractivity contribution >= 4 is 29.1 Å². The largest absolute Gasteiger partial charge is 0.439 e. The van der Waals surface area contributed by atoms with Crippen LogP contribution in [0.1, 0.15) is 0 Å². The van der Waals surface area contributed by atoms with Crippen molar-refractivity contribution in [2.75, 3.05) is 18.9 Å². The number of nitrogens with zero attached hydrogens (tertiary/aromatic N) is 4. The lowest BCUT2D eigenvalue weighted by molar-refractivity contribution is -0.142. The van der Waals surface area contributed by atoms with Crippen molar-refractivity contribution in [1.82, 2.24) is 19.7 Å². The fraction of sp³-hybridized carbons (Fsp3) is 0.158. The van der Waals surface area contributed by atoms with E-state index in [1.807, 2.05) is 0 Å². The van der Waals surface area contributed by atoms with Gasteiger partial charge in [-0.15, -0.1) is 0 Å². The molecule has 0 radical (unpaired) electrons. The topological polar surface area (TPSA) is 89.4 Å². The van der Waals surface area contributed by atoms with E-state index in [0.29, 0.717) is 35.4 Å². The summed E-state index contributed by atoms with van der Waals surface area (Å²) in [5.74, 6) is -0.449. The summed E-state index contributed by atoms with van der Waals surface area (Å²) in [4.78, 5) is 29.8. The number of rotatable bonds is 6. The number of hydrogen-bond acceptors (Lipinski definition) is 5. The van der Waals surface area contributed by atoms with Gasteiger partial charge in [0.25, 0.3) is 0 Å². The van der Waals surface area contributed by atoms with Gasteiger partial charge >= 0.3 is 11.8 Å². The van der Waals surface area contributed by atoms with E-state index >= 15 is 0 Å². The third-order valence-electron chi connectivity index (χ3n) is 3.79. The van der Waals surface area contributed by atoms with Gasteiger partial charge in [0.05, 0.1) is 18.4 Å². The monoisotopic (exact) mass is 399 g/mol. The summed E-state index contributed by atoms with van der Waals surface area (Å²) in [7, 11) is 1.56. The fourth-order valence-electron chi connectivity index (χ4n) is 2.28. The van der Waals surface area contributed by atoms with E-state index in [1.165, 1.54) is 11.1 Å². The molecule has 0 fully saturated rings. The molecule has 1 N–H and O–H groups in total. The zero-order valence-electron chi connectivity index (χ0n) is 15.1. The Morgan fingerprint density at radius 1 is 1.21 bits per heavy atom. The molecule has 3 rings (SSSR count). The minimum atomic E-state index is -0.740. The van der Waals surface area contributed by atoms with Crippen LogP contribution in [0.4, 0.5) is 5.69 Å². The first kappa shape index (κ1) is 19.4. The first-order chi connectivity index (χ1) is 13.5. The number of pyridine rings is 1. The molecule has 0 atom stereocenters. The Bertz CT molecular complexity index is 927. The van der Waals surface area contributed by atoms with Crippen LogP contribution in [0.2, 0.25) is 5.02 Å². The normalized spacial score (nSPS) is 10.4. The van der Waals surface area contributed by atoms with Crippen LogP contribution in [0.5, 0.6) is 11.6 Å². The third kappa shape index (κ3) is 5.31. The van der Waals surface area contributed by atoms with Crippen LogP contribution >= 0.6 is 11.6 Å². The van der Waals surface area contributed by atoms with E-state index in [1.54, 1.807) is 66.6 Å². The van der Waals surface area contributed by atoms with E-state index in [4.69, 9.17) is 16.3 Å². The van der Waals surface area contributed by atoms with Gasteiger partial charge in [-0.25, -0.2) is 4.98 Å². The first-order valence-corrected chi connectivity index (χ1v) is 8.82. The Balaban J connectivity index is 1.51. The lowest BCUT2D eigenvalue weighted by Gasteiger charge is -2.16. The molecule has 2 amide bonds. The maximum atomic E-state index is 12.2. The molecular formula is C19H18ClN5O3. The van der Waals surface area contributed by atoms with Crippen molar-refractivity contribution in [3.05, 3.63) is 66.1 Å². The Hall–Kier alpha value is -3.39. The van der Waals surface area contributed by atoms with E-state index in [-0.39, 0.29) is 0 Å². The molecule has 0 aliphatic rings. The van der Waals surface area contributed by atoms with Gasteiger partial charge in [0.2, 0.25) is 5.88 Å². The number of carbonyl (C=O) groups is 2. The average Bonchev–Trinajstić information content (AvgIpc) is 3.22. The molecule has 2 heterocycles. The molecule has 8 nitrogen and oxygen atoms in total. The van der Waals surface area contributed by atoms with Gasteiger partial charge in [0.1, 0.15) is 5.75 Å². The molecule has 0 spiro atoms. The van der Waals surface area contributed by atoms with Crippen LogP contribution in [-0.2, 0) is 16.1 Å². The SMILES string of the molecule is CN(CCn1cccn1)C(=O)C(=O)Nc1ccc(Oc2ccc(Cl)cc2)nc1. The molecule has 3 aromatic rings. The van der Waals surface area contributed by atoms with Crippen molar-refractivity contribution in [2.24, 2.45) is 0 Å². The van der Waals surface area contributed by atoms with Crippen LogP contribution in [0, 0.1) is 0 Å². The molecule has 0 unspecified atom stereocenters. The maximum absolute atomic E-state index is 12.2. The highest BCUT2D eigenvalue weighted by molar-refractivity contribution is 6.39. The van der Waals surface area contributed by atoms with Crippen LogP contribution in [0.3, 0.4) is 0 Å². The minimum Gasteiger partial charge on any atom is -0.439 e. The van der Waals surface area contributed by atoms with E-state index < -0.39 is 11.8 Å². The summed E-state index contributed by atoms with van der Waals surface area (Å²) in [5.41, 5.74) is 0.391. The number of nitrogens with one attached hydrogen (secondary N) is 1. The van der Waals surface area contributed by atoms with Gasteiger partial charge in [-0.1, -0.05) is 11.6 Å². The van der Waals surface area contributed by atoms with Crippen molar-refractivity contribution in [2.45, 2.75) is 6.54 Å². The number of ether oxygens (including phenoxy) is 1. The third-order valence-corrected chi connectivity index (χ3v) is 4.05. The second-order valence-corrected chi connectivity index (χ2v) is 6.33. The highest BCUT2D eigenvalue weighted by atomic mass is 35.5. The summed E-state index contributed by atoms with van der Waals surface area (Å²) in [6.07, 6.45) is 4.86. The van der Waals surface area contributed by atoms with Crippen LogP contribution < -0.4 is 10.1 Å². The van der Waals surface area contributed by atoms with E-state index in [2.05, 4.69) is 15.4 Å². The summed E-state index contributed by atoms with van der Waals surface area (Å²) in [6.45, 7) is 0.862. The molecule has 0 saturated carbocycles. The molecule has 144 valence electrons. The Kier molecular flexibility index (Phi) is 6.23. The summed E-state index contributed by atoms with van der Waals surface area (Å²) >= 11 is 5.83. The zero-order chi connectivity index (χ0) is 19.9. The van der Waals surface area contributed by atoms with Crippen molar-refractivity contribution in [3.8, 4) is 11.6 Å². The smallest absolute Gasteiger partial charge is 0.313 e. The van der Waals surface area contributed by atoms with Gasteiger partial charge in [0.15, 0.2) is 0 Å². The molecule has 28 heavy (non-hydrogen) atoms. The van der Waals surface area contributed by atoms with Crippen LogP contribution in [-0.4, -0.2) is 45.1 Å². The Labute approximate surface area is 166 Å². The van der Waals surface area contributed by atoms with E-state index in [9.17, 15) is 9.59 Å². The standard InChI is InChI=1S/C19H18ClN5O3/c1-24(11-12-25-10-2-9-22-25)19(27)18(26)23-15-5-8-17(21-13-15)28-16-6-3-14(20)4-7-16/h2-10,13H,11-12H2,1H3,(H,23,26). The quantitative estimate of drug-likeness (QED) is 0.644. The van der Waals surface area contributed by atoms with Gasteiger partial charge in [0, 0.05) is 37.1 Å². The molecule has 1 aromatic carbocycles. The molecule has 9 heteroatoms. The number of anilines is 1. The number of hydrogen-bond donors (Lipinski definition) is 1. The van der Waals surface area contributed by atoms with Gasteiger partial charge in [-0.2, -0.15) is 5.10 Å².